The average molecular weight is 248 g/mol. The lowest BCUT2D eigenvalue weighted by Gasteiger charge is -2.14. The highest BCUT2D eigenvalue weighted by Gasteiger charge is 2.15. The normalized spacial score (nSPS) is 12.0. The van der Waals surface area contributed by atoms with E-state index < -0.39 is 12.0 Å². The van der Waals surface area contributed by atoms with Crippen LogP contribution in [-0.2, 0) is 14.3 Å². The number of hydrogen-bond donors (Lipinski definition) is 1. The van der Waals surface area contributed by atoms with Crippen LogP contribution in [0, 0.1) is 0 Å². The third-order valence-electron chi connectivity index (χ3n) is 2.01. The minimum absolute atomic E-state index is 0.0450. The molecule has 0 heterocycles. The van der Waals surface area contributed by atoms with Crippen LogP contribution in [-0.4, -0.2) is 54.5 Å². The molecule has 0 spiro atoms. The zero-order valence-electron chi connectivity index (χ0n) is 10.1. The van der Waals surface area contributed by atoms with Crippen molar-refractivity contribution in [3.63, 3.8) is 0 Å². The van der Waals surface area contributed by atoms with Gasteiger partial charge in [-0.3, -0.25) is 9.59 Å². The van der Waals surface area contributed by atoms with Crippen LogP contribution in [0.15, 0.2) is 0 Å². The van der Waals surface area contributed by atoms with Crippen LogP contribution < -0.4 is 5.73 Å². The van der Waals surface area contributed by atoms with E-state index in [0.29, 0.717) is 24.7 Å². The van der Waals surface area contributed by atoms with Gasteiger partial charge in [0.2, 0.25) is 5.91 Å². The Morgan fingerprint density at radius 3 is 2.56 bits per heavy atom. The summed E-state index contributed by atoms with van der Waals surface area (Å²) in [5.41, 5.74) is 5.58. The summed E-state index contributed by atoms with van der Waals surface area (Å²) >= 11 is 1.35. The van der Waals surface area contributed by atoms with Crippen LogP contribution >= 0.6 is 11.8 Å². The molecule has 0 rings (SSSR count). The number of thioether (sulfide) groups is 1. The highest BCUT2D eigenvalue weighted by atomic mass is 32.2. The Morgan fingerprint density at radius 1 is 1.44 bits per heavy atom. The third-order valence-corrected chi connectivity index (χ3v) is 3.06. The lowest BCUT2D eigenvalue weighted by atomic mass is 10.4. The van der Waals surface area contributed by atoms with Crippen molar-refractivity contribution in [3.05, 3.63) is 0 Å². The maximum Gasteiger partial charge on any atom is 0.323 e. The summed E-state index contributed by atoms with van der Waals surface area (Å²) in [6.07, 6.45) is 0. The summed E-state index contributed by atoms with van der Waals surface area (Å²) in [6, 6.07) is -0.648. The molecule has 0 aliphatic heterocycles. The van der Waals surface area contributed by atoms with Gasteiger partial charge in [0, 0.05) is 19.3 Å². The third kappa shape index (κ3) is 5.97. The molecule has 1 atom stereocenters. The van der Waals surface area contributed by atoms with Gasteiger partial charge in [-0.25, -0.2) is 0 Å². The Kier molecular flexibility index (Phi) is 8.01. The average Bonchev–Trinajstić information content (AvgIpc) is 2.27. The fourth-order valence-electron chi connectivity index (χ4n) is 0.877. The van der Waals surface area contributed by atoms with Crippen molar-refractivity contribution >= 4 is 23.6 Å². The Bertz CT molecular complexity index is 236. The number of hydrogen-bond acceptors (Lipinski definition) is 5. The minimum atomic E-state index is -0.648. The van der Waals surface area contributed by atoms with Gasteiger partial charge in [-0.15, -0.1) is 11.8 Å². The van der Waals surface area contributed by atoms with E-state index in [9.17, 15) is 9.59 Å². The summed E-state index contributed by atoms with van der Waals surface area (Å²) in [7, 11) is 1.74. The molecule has 6 heteroatoms. The zero-order chi connectivity index (χ0) is 12.6. The number of rotatable bonds is 7. The second-order valence-electron chi connectivity index (χ2n) is 3.28. The molecule has 0 aromatic carbocycles. The van der Waals surface area contributed by atoms with E-state index in [0.717, 1.165) is 0 Å². The molecule has 94 valence electrons. The van der Waals surface area contributed by atoms with E-state index in [1.807, 2.05) is 6.92 Å². The highest BCUT2D eigenvalue weighted by Crippen LogP contribution is 2.04. The standard InChI is InChI=1S/C10H20N2O3S/c1-4-12(3)9(13)7-16-6-8(11)10(14)15-5-2/h8H,4-7,11H2,1-3H3. The molecule has 1 unspecified atom stereocenters. The van der Waals surface area contributed by atoms with Crippen molar-refractivity contribution in [2.45, 2.75) is 19.9 Å². The monoisotopic (exact) mass is 248 g/mol. The van der Waals surface area contributed by atoms with Gasteiger partial charge in [-0.2, -0.15) is 0 Å². The molecule has 0 aromatic heterocycles. The fourth-order valence-corrected chi connectivity index (χ4v) is 1.78. The summed E-state index contributed by atoms with van der Waals surface area (Å²) in [5.74, 6) is 0.384. The summed E-state index contributed by atoms with van der Waals surface area (Å²) < 4.78 is 4.76. The van der Waals surface area contributed by atoms with E-state index >= 15 is 0 Å². The molecular weight excluding hydrogens is 228 g/mol. The molecule has 0 aliphatic carbocycles. The van der Waals surface area contributed by atoms with Gasteiger partial charge >= 0.3 is 5.97 Å². The topological polar surface area (TPSA) is 72.6 Å². The molecule has 0 saturated carbocycles. The van der Waals surface area contributed by atoms with Gasteiger partial charge in [0.15, 0.2) is 0 Å². The van der Waals surface area contributed by atoms with Gasteiger partial charge in [0.05, 0.1) is 12.4 Å². The highest BCUT2D eigenvalue weighted by molar-refractivity contribution is 8.00. The SMILES string of the molecule is CCOC(=O)C(N)CSCC(=O)N(C)CC. The van der Waals surface area contributed by atoms with Crippen molar-refractivity contribution in [3.8, 4) is 0 Å². The van der Waals surface area contributed by atoms with Crippen molar-refractivity contribution in [1.29, 1.82) is 0 Å². The summed E-state index contributed by atoms with van der Waals surface area (Å²) in [6.45, 7) is 4.66. The molecule has 2 N–H and O–H groups in total. The molecule has 0 aliphatic rings. The number of carbonyl (C=O) groups is 2. The van der Waals surface area contributed by atoms with Crippen molar-refractivity contribution in [2.24, 2.45) is 5.73 Å². The van der Waals surface area contributed by atoms with E-state index in [1.165, 1.54) is 11.8 Å². The Labute approximate surface area is 101 Å². The first-order chi connectivity index (χ1) is 7.52. The Balaban J connectivity index is 3.73. The molecule has 0 radical (unpaired) electrons. The maximum absolute atomic E-state index is 11.4. The van der Waals surface area contributed by atoms with Gasteiger partial charge in [-0.1, -0.05) is 0 Å². The second-order valence-corrected chi connectivity index (χ2v) is 4.31. The summed E-state index contributed by atoms with van der Waals surface area (Å²) in [4.78, 5) is 24.2. The largest absolute Gasteiger partial charge is 0.465 e. The van der Waals surface area contributed by atoms with Crippen LogP contribution in [0.1, 0.15) is 13.8 Å². The van der Waals surface area contributed by atoms with E-state index in [-0.39, 0.29) is 5.91 Å². The van der Waals surface area contributed by atoms with Crippen molar-refractivity contribution < 1.29 is 14.3 Å². The number of amides is 1. The quantitative estimate of drug-likeness (QED) is 0.646. The predicted octanol–water partition coefficient (Wildman–Crippen LogP) is 0.0883. The Morgan fingerprint density at radius 2 is 2.06 bits per heavy atom. The Hall–Kier alpha value is -0.750. The van der Waals surface area contributed by atoms with E-state index in [4.69, 9.17) is 10.5 Å². The lowest BCUT2D eigenvalue weighted by Crippen LogP contribution is -2.35. The number of esters is 1. The molecular formula is C10H20N2O3S. The van der Waals surface area contributed by atoms with Crippen LogP contribution in [0.25, 0.3) is 0 Å². The van der Waals surface area contributed by atoms with Crippen LogP contribution in [0.4, 0.5) is 0 Å². The molecule has 0 fully saturated rings. The molecule has 0 aromatic rings. The van der Waals surface area contributed by atoms with Gasteiger partial charge in [0.25, 0.3) is 0 Å². The minimum Gasteiger partial charge on any atom is -0.465 e. The van der Waals surface area contributed by atoms with Crippen LogP contribution in [0.2, 0.25) is 0 Å². The van der Waals surface area contributed by atoms with Gasteiger partial charge in [-0.05, 0) is 13.8 Å². The lowest BCUT2D eigenvalue weighted by molar-refractivity contribution is -0.144. The number of carbonyl (C=O) groups excluding carboxylic acids is 2. The fraction of sp³-hybridized carbons (Fsp3) is 0.800. The van der Waals surface area contributed by atoms with Crippen LogP contribution in [0.3, 0.4) is 0 Å². The van der Waals surface area contributed by atoms with E-state index in [2.05, 4.69) is 0 Å². The number of nitrogens with zero attached hydrogens (tertiary/aromatic N) is 1. The van der Waals surface area contributed by atoms with Crippen molar-refractivity contribution in [1.82, 2.24) is 4.90 Å². The van der Waals surface area contributed by atoms with Crippen LogP contribution in [0.5, 0.6) is 0 Å². The van der Waals surface area contributed by atoms with Crippen molar-refractivity contribution in [2.75, 3.05) is 31.7 Å². The summed E-state index contributed by atoms with van der Waals surface area (Å²) in [5, 5.41) is 0. The first-order valence-electron chi connectivity index (χ1n) is 5.26. The predicted molar refractivity (Wildman–Crippen MR) is 65.2 cm³/mol. The first kappa shape index (κ1) is 15.2. The molecule has 1 amide bonds. The molecule has 5 nitrogen and oxygen atoms in total. The maximum atomic E-state index is 11.4. The molecule has 0 bridgehead atoms. The van der Waals surface area contributed by atoms with E-state index in [1.54, 1.807) is 18.9 Å². The number of ether oxygens (including phenoxy) is 1. The smallest absolute Gasteiger partial charge is 0.323 e. The zero-order valence-corrected chi connectivity index (χ0v) is 10.9. The molecule has 16 heavy (non-hydrogen) atoms. The first-order valence-corrected chi connectivity index (χ1v) is 6.42. The number of nitrogens with two attached hydrogens (primary N) is 1. The van der Waals surface area contributed by atoms with Gasteiger partial charge in [0.1, 0.15) is 6.04 Å². The second kappa shape index (κ2) is 8.41. The molecule has 0 saturated heterocycles. The van der Waals surface area contributed by atoms with Gasteiger partial charge < -0.3 is 15.4 Å².